The summed E-state index contributed by atoms with van der Waals surface area (Å²) in [5.41, 5.74) is 2.58. The minimum atomic E-state index is -0.460. The number of amides is 1. The van der Waals surface area contributed by atoms with E-state index in [1.54, 1.807) is 39.5 Å². The van der Waals surface area contributed by atoms with Crippen LogP contribution in [0.15, 0.2) is 53.7 Å². The molecule has 1 unspecified atom stereocenters. The van der Waals surface area contributed by atoms with E-state index < -0.39 is 6.04 Å². The Morgan fingerprint density at radius 3 is 2.38 bits per heavy atom. The van der Waals surface area contributed by atoms with E-state index in [1.165, 1.54) is 0 Å². The average Bonchev–Trinajstić information content (AvgIpc) is 2.72. The van der Waals surface area contributed by atoms with Crippen LogP contribution in [0.25, 0.3) is 0 Å². The summed E-state index contributed by atoms with van der Waals surface area (Å²) in [5, 5.41) is 9.57. The van der Waals surface area contributed by atoms with Gasteiger partial charge in [0.15, 0.2) is 16.6 Å². The molecule has 1 aliphatic heterocycles. The molecule has 0 bridgehead atoms. The molecule has 0 spiro atoms. The van der Waals surface area contributed by atoms with Crippen LogP contribution in [0.3, 0.4) is 0 Å². The largest absolute Gasteiger partial charge is 0.495 e. The van der Waals surface area contributed by atoms with E-state index in [1.807, 2.05) is 31.2 Å². The van der Waals surface area contributed by atoms with E-state index in [4.69, 9.17) is 26.4 Å². The SMILES string of the molecule is COc1ccccc1NC(=O)C1=C(C)NC(=S)NC1c1ccc(OC)c(OC)c1. The molecule has 29 heavy (non-hydrogen) atoms. The smallest absolute Gasteiger partial charge is 0.255 e. The molecule has 8 heteroatoms. The molecule has 7 nitrogen and oxygen atoms in total. The van der Waals surface area contributed by atoms with Crippen molar-refractivity contribution in [1.82, 2.24) is 10.6 Å². The summed E-state index contributed by atoms with van der Waals surface area (Å²) in [5.74, 6) is 1.48. The molecule has 0 aromatic heterocycles. The van der Waals surface area contributed by atoms with Gasteiger partial charge in [0, 0.05) is 5.70 Å². The summed E-state index contributed by atoms with van der Waals surface area (Å²) >= 11 is 5.31. The van der Waals surface area contributed by atoms with Crippen molar-refractivity contribution in [3.8, 4) is 17.2 Å². The van der Waals surface area contributed by atoms with Crippen molar-refractivity contribution in [3.05, 3.63) is 59.3 Å². The van der Waals surface area contributed by atoms with E-state index in [9.17, 15) is 4.79 Å². The normalized spacial score (nSPS) is 15.9. The molecular formula is C21H23N3O4S. The highest BCUT2D eigenvalue weighted by Crippen LogP contribution is 2.35. The maximum atomic E-state index is 13.2. The first-order valence-electron chi connectivity index (χ1n) is 8.93. The molecule has 1 aliphatic rings. The summed E-state index contributed by atoms with van der Waals surface area (Å²) in [6.07, 6.45) is 0. The van der Waals surface area contributed by atoms with Gasteiger partial charge in [-0.3, -0.25) is 4.79 Å². The van der Waals surface area contributed by atoms with Crippen molar-refractivity contribution in [2.75, 3.05) is 26.6 Å². The van der Waals surface area contributed by atoms with E-state index in [2.05, 4.69) is 16.0 Å². The number of ether oxygens (including phenoxy) is 3. The van der Waals surface area contributed by atoms with Crippen LogP contribution in [0.1, 0.15) is 18.5 Å². The second-order valence-electron chi connectivity index (χ2n) is 6.34. The molecule has 2 aromatic carbocycles. The number of nitrogens with one attached hydrogen (secondary N) is 3. The van der Waals surface area contributed by atoms with Crippen molar-refractivity contribution in [2.45, 2.75) is 13.0 Å². The Morgan fingerprint density at radius 1 is 1.00 bits per heavy atom. The van der Waals surface area contributed by atoms with Gasteiger partial charge < -0.3 is 30.2 Å². The molecule has 0 saturated carbocycles. The number of rotatable bonds is 6. The zero-order chi connectivity index (χ0) is 21.0. The fourth-order valence-corrected chi connectivity index (χ4v) is 3.49. The Morgan fingerprint density at radius 2 is 1.69 bits per heavy atom. The lowest BCUT2D eigenvalue weighted by Gasteiger charge is -2.30. The Labute approximate surface area is 175 Å². The first-order chi connectivity index (χ1) is 14.0. The Balaban J connectivity index is 1.99. The Hall–Kier alpha value is -3.26. The quantitative estimate of drug-likeness (QED) is 0.628. The van der Waals surface area contributed by atoms with Gasteiger partial charge in [0.25, 0.3) is 5.91 Å². The lowest BCUT2D eigenvalue weighted by Crippen LogP contribution is -2.45. The van der Waals surface area contributed by atoms with Crippen LogP contribution in [-0.2, 0) is 4.79 Å². The number of hydrogen-bond donors (Lipinski definition) is 3. The summed E-state index contributed by atoms with van der Waals surface area (Å²) < 4.78 is 16.1. The standard InChI is InChI=1S/C21H23N3O4S/c1-12-18(20(25)23-14-7-5-6-8-15(14)26-2)19(24-21(29)22-12)13-9-10-16(27-3)17(11-13)28-4/h5-11,19H,1-4H3,(H,23,25)(H2,22,24,29). The molecule has 152 valence electrons. The first kappa shape index (κ1) is 20.5. The molecule has 1 heterocycles. The van der Waals surface area contributed by atoms with Crippen LogP contribution in [0.4, 0.5) is 5.69 Å². The van der Waals surface area contributed by atoms with Gasteiger partial charge in [-0.25, -0.2) is 0 Å². The highest BCUT2D eigenvalue weighted by atomic mass is 32.1. The van der Waals surface area contributed by atoms with Crippen LogP contribution in [0.2, 0.25) is 0 Å². The third-order valence-corrected chi connectivity index (χ3v) is 4.83. The number of methoxy groups -OCH3 is 3. The monoisotopic (exact) mass is 413 g/mol. The summed E-state index contributed by atoms with van der Waals surface area (Å²) in [4.78, 5) is 13.2. The van der Waals surface area contributed by atoms with Gasteiger partial charge in [-0.1, -0.05) is 18.2 Å². The van der Waals surface area contributed by atoms with Crippen LogP contribution in [-0.4, -0.2) is 32.3 Å². The van der Waals surface area contributed by atoms with Crippen molar-refractivity contribution < 1.29 is 19.0 Å². The first-order valence-corrected chi connectivity index (χ1v) is 9.34. The molecule has 2 aromatic rings. The maximum absolute atomic E-state index is 13.2. The number of para-hydroxylation sites is 2. The number of hydrogen-bond acceptors (Lipinski definition) is 5. The van der Waals surface area contributed by atoms with Crippen LogP contribution in [0.5, 0.6) is 17.2 Å². The highest BCUT2D eigenvalue weighted by Gasteiger charge is 2.31. The topological polar surface area (TPSA) is 80.9 Å². The lowest BCUT2D eigenvalue weighted by molar-refractivity contribution is -0.113. The summed E-state index contributed by atoms with van der Waals surface area (Å²) in [7, 11) is 4.70. The second kappa shape index (κ2) is 8.83. The van der Waals surface area contributed by atoms with E-state index in [-0.39, 0.29) is 5.91 Å². The van der Waals surface area contributed by atoms with Gasteiger partial charge in [-0.15, -0.1) is 0 Å². The predicted molar refractivity (Wildman–Crippen MR) is 115 cm³/mol. The van der Waals surface area contributed by atoms with Gasteiger partial charge in [0.1, 0.15) is 5.75 Å². The Kier molecular flexibility index (Phi) is 6.23. The van der Waals surface area contributed by atoms with E-state index >= 15 is 0 Å². The van der Waals surface area contributed by atoms with Crippen LogP contribution in [0, 0.1) is 0 Å². The summed E-state index contributed by atoms with van der Waals surface area (Å²) in [6, 6.07) is 12.3. The van der Waals surface area contributed by atoms with Crippen molar-refractivity contribution in [2.24, 2.45) is 0 Å². The van der Waals surface area contributed by atoms with Gasteiger partial charge in [-0.2, -0.15) is 0 Å². The number of allylic oxidation sites excluding steroid dienone is 1. The van der Waals surface area contributed by atoms with Gasteiger partial charge in [-0.05, 0) is 49.0 Å². The Bertz CT molecular complexity index is 974. The molecular weight excluding hydrogens is 390 g/mol. The zero-order valence-corrected chi connectivity index (χ0v) is 17.5. The fourth-order valence-electron chi connectivity index (χ4n) is 3.21. The minimum Gasteiger partial charge on any atom is -0.495 e. The van der Waals surface area contributed by atoms with Crippen molar-refractivity contribution >= 4 is 28.9 Å². The molecule has 0 saturated heterocycles. The number of thiocarbonyl (C=S) groups is 1. The minimum absolute atomic E-state index is 0.269. The van der Waals surface area contributed by atoms with Crippen LogP contribution < -0.4 is 30.2 Å². The lowest BCUT2D eigenvalue weighted by atomic mass is 9.94. The van der Waals surface area contributed by atoms with Gasteiger partial charge in [0.05, 0.1) is 38.6 Å². The zero-order valence-electron chi connectivity index (χ0n) is 16.7. The third-order valence-electron chi connectivity index (χ3n) is 4.61. The molecule has 0 radical (unpaired) electrons. The fraction of sp³-hybridized carbons (Fsp3) is 0.238. The molecule has 1 amide bonds. The van der Waals surface area contributed by atoms with Gasteiger partial charge in [0.2, 0.25) is 0 Å². The van der Waals surface area contributed by atoms with E-state index in [0.29, 0.717) is 39.3 Å². The average molecular weight is 413 g/mol. The second-order valence-corrected chi connectivity index (χ2v) is 6.75. The number of anilines is 1. The maximum Gasteiger partial charge on any atom is 0.255 e. The van der Waals surface area contributed by atoms with Crippen molar-refractivity contribution in [1.29, 1.82) is 0 Å². The highest BCUT2D eigenvalue weighted by molar-refractivity contribution is 7.80. The third kappa shape index (κ3) is 4.27. The number of carbonyl (C=O) groups is 1. The van der Waals surface area contributed by atoms with Gasteiger partial charge >= 0.3 is 0 Å². The molecule has 1 atom stereocenters. The molecule has 0 fully saturated rings. The molecule has 3 N–H and O–H groups in total. The molecule has 3 rings (SSSR count). The van der Waals surface area contributed by atoms with Crippen LogP contribution >= 0.6 is 12.2 Å². The summed E-state index contributed by atoms with van der Waals surface area (Å²) in [6.45, 7) is 1.82. The molecule has 0 aliphatic carbocycles. The number of carbonyl (C=O) groups excluding carboxylic acids is 1. The number of benzene rings is 2. The van der Waals surface area contributed by atoms with Crippen molar-refractivity contribution in [3.63, 3.8) is 0 Å². The predicted octanol–water partition coefficient (Wildman–Crippen LogP) is 3.14. The van der Waals surface area contributed by atoms with E-state index in [0.717, 1.165) is 5.56 Å².